The van der Waals surface area contributed by atoms with Crippen LogP contribution in [0.2, 0.25) is 5.02 Å². The Morgan fingerprint density at radius 2 is 1.71 bits per heavy atom. The highest BCUT2D eigenvalue weighted by Gasteiger charge is 2.16. The lowest BCUT2D eigenvalue weighted by Gasteiger charge is -2.08. The fourth-order valence-electron chi connectivity index (χ4n) is 2.23. The van der Waals surface area contributed by atoms with E-state index in [-0.39, 0.29) is 10.8 Å². The van der Waals surface area contributed by atoms with Crippen LogP contribution in [-0.2, 0) is 14.8 Å². The molecule has 0 aliphatic carbocycles. The molecule has 0 unspecified atom stereocenters. The molecule has 3 aromatic rings. The summed E-state index contributed by atoms with van der Waals surface area (Å²) in [6, 6.07) is 15.3. The maximum Gasteiger partial charge on any atom is 0.287 e. The van der Waals surface area contributed by atoms with Gasteiger partial charge in [0, 0.05) is 12.4 Å². The topological polar surface area (TPSA) is 149 Å². The Balaban J connectivity index is 1.68. The van der Waals surface area contributed by atoms with Gasteiger partial charge in [0.1, 0.15) is 6.07 Å². The fraction of sp³-hybridized carbons (Fsp3) is 0. The quantitative estimate of drug-likeness (QED) is 0.366. The maximum atomic E-state index is 12.4. The van der Waals surface area contributed by atoms with E-state index in [0.717, 1.165) is 0 Å². The molecule has 1 heterocycles. The number of amides is 1. The van der Waals surface area contributed by atoms with Crippen LogP contribution in [0.1, 0.15) is 0 Å². The zero-order valence-electron chi connectivity index (χ0n) is 15.7. The summed E-state index contributed by atoms with van der Waals surface area (Å²) in [5.74, 6) is -0.813. The van der Waals surface area contributed by atoms with E-state index >= 15 is 0 Å². The second-order valence-electron chi connectivity index (χ2n) is 5.82. The van der Waals surface area contributed by atoms with Crippen LogP contribution in [0.15, 0.2) is 77.0 Å². The number of carbonyl (C=O) groups is 1. The van der Waals surface area contributed by atoms with Crippen molar-refractivity contribution in [3.8, 4) is 6.07 Å². The van der Waals surface area contributed by atoms with Gasteiger partial charge in [-0.05, 0) is 42.5 Å². The van der Waals surface area contributed by atoms with Gasteiger partial charge in [-0.3, -0.25) is 10.2 Å². The van der Waals surface area contributed by atoms with Gasteiger partial charge >= 0.3 is 0 Å². The van der Waals surface area contributed by atoms with Crippen LogP contribution >= 0.6 is 11.6 Å². The van der Waals surface area contributed by atoms with E-state index in [0.29, 0.717) is 16.4 Å². The number of rotatable bonds is 7. The molecular formula is C19H14ClN7O3S. The van der Waals surface area contributed by atoms with E-state index in [4.69, 9.17) is 11.6 Å². The molecule has 0 aliphatic rings. The van der Waals surface area contributed by atoms with Gasteiger partial charge in [0.2, 0.25) is 11.7 Å². The minimum absolute atomic E-state index is 0.0357. The summed E-state index contributed by atoms with van der Waals surface area (Å²) >= 11 is 5.98. The van der Waals surface area contributed by atoms with Crippen LogP contribution in [0.25, 0.3) is 0 Å². The predicted octanol–water partition coefficient (Wildman–Crippen LogP) is 2.86. The summed E-state index contributed by atoms with van der Waals surface area (Å²) in [6.07, 6.45) is 2.81. The lowest BCUT2D eigenvalue weighted by molar-refractivity contribution is -0.110. The molecule has 10 nitrogen and oxygen atoms in total. The molecule has 0 bridgehead atoms. The Labute approximate surface area is 182 Å². The Morgan fingerprint density at radius 3 is 2.35 bits per heavy atom. The number of para-hydroxylation sites is 1. The van der Waals surface area contributed by atoms with E-state index in [2.05, 4.69) is 30.5 Å². The van der Waals surface area contributed by atoms with Crippen LogP contribution in [0.4, 0.5) is 17.3 Å². The van der Waals surface area contributed by atoms with Crippen LogP contribution in [0.3, 0.4) is 0 Å². The lowest BCUT2D eigenvalue weighted by atomic mass is 10.3. The van der Waals surface area contributed by atoms with Crippen LogP contribution in [0, 0.1) is 11.3 Å². The molecule has 0 fully saturated rings. The highest BCUT2D eigenvalue weighted by Crippen LogP contribution is 2.20. The SMILES string of the molecule is N#CC(=NNc1ccc(S(=O)(=O)Nc2ncccn2)cc1)C(=O)Nc1ccccc1Cl. The number of nitriles is 1. The number of carbonyl (C=O) groups excluding carboxylic acids is 1. The van der Waals surface area contributed by atoms with Crippen molar-refractivity contribution in [3.05, 3.63) is 72.0 Å². The molecule has 1 amide bonds. The Hall–Kier alpha value is -4.01. The normalized spacial score (nSPS) is 11.3. The highest BCUT2D eigenvalue weighted by atomic mass is 35.5. The number of hydrazone groups is 1. The second kappa shape index (κ2) is 9.66. The molecule has 31 heavy (non-hydrogen) atoms. The Bertz CT molecular complexity index is 1260. The van der Waals surface area contributed by atoms with Crippen LogP contribution < -0.4 is 15.5 Å². The third-order valence-electron chi connectivity index (χ3n) is 3.70. The van der Waals surface area contributed by atoms with E-state index < -0.39 is 21.6 Å². The summed E-state index contributed by atoms with van der Waals surface area (Å²) < 4.78 is 27.0. The highest BCUT2D eigenvalue weighted by molar-refractivity contribution is 7.92. The molecule has 0 radical (unpaired) electrons. The molecule has 0 saturated carbocycles. The molecule has 12 heteroatoms. The van der Waals surface area contributed by atoms with Crippen LogP contribution in [0.5, 0.6) is 0 Å². The number of nitrogens with one attached hydrogen (secondary N) is 3. The number of anilines is 3. The van der Waals surface area contributed by atoms with Crippen molar-refractivity contribution >= 4 is 50.6 Å². The van der Waals surface area contributed by atoms with Gasteiger partial charge in [-0.25, -0.2) is 23.1 Å². The minimum Gasteiger partial charge on any atom is -0.319 e. The van der Waals surface area contributed by atoms with Crippen molar-refractivity contribution in [2.24, 2.45) is 5.10 Å². The number of nitrogens with zero attached hydrogens (tertiary/aromatic N) is 4. The molecule has 3 N–H and O–H groups in total. The van der Waals surface area contributed by atoms with E-state index in [9.17, 15) is 18.5 Å². The van der Waals surface area contributed by atoms with Gasteiger partial charge in [-0.2, -0.15) is 10.4 Å². The third-order valence-corrected chi connectivity index (χ3v) is 5.37. The second-order valence-corrected chi connectivity index (χ2v) is 7.91. The smallest absolute Gasteiger partial charge is 0.287 e. The summed E-state index contributed by atoms with van der Waals surface area (Å²) in [5, 5.41) is 15.8. The average Bonchev–Trinajstić information content (AvgIpc) is 2.76. The van der Waals surface area contributed by atoms with Crippen molar-refractivity contribution in [2.45, 2.75) is 4.90 Å². The van der Waals surface area contributed by atoms with Crippen molar-refractivity contribution in [2.75, 3.05) is 15.5 Å². The Morgan fingerprint density at radius 1 is 1.03 bits per heavy atom. The summed E-state index contributed by atoms with van der Waals surface area (Å²) in [5.41, 5.74) is 2.78. The fourth-order valence-corrected chi connectivity index (χ4v) is 3.37. The lowest BCUT2D eigenvalue weighted by Crippen LogP contribution is -2.22. The van der Waals surface area contributed by atoms with Gasteiger partial charge in [-0.15, -0.1) is 0 Å². The monoisotopic (exact) mass is 455 g/mol. The number of hydrogen-bond acceptors (Lipinski definition) is 8. The molecule has 0 saturated heterocycles. The van der Waals surface area contributed by atoms with Gasteiger partial charge in [0.05, 0.1) is 21.3 Å². The first kappa shape index (κ1) is 21.7. The number of halogens is 1. The first-order valence-corrected chi connectivity index (χ1v) is 10.4. The largest absolute Gasteiger partial charge is 0.319 e. The van der Waals surface area contributed by atoms with Gasteiger partial charge < -0.3 is 5.32 Å². The third kappa shape index (κ3) is 5.75. The molecule has 1 aromatic heterocycles. The number of aromatic nitrogens is 2. The molecule has 156 valence electrons. The maximum absolute atomic E-state index is 12.4. The van der Waals surface area contributed by atoms with Crippen molar-refractivity contribution in [1.82, 2.24) is 9.97 Å². The summed E-state index contributed by atoms with van der Waals surface area (Å²) in [7, 11) is -3.89. The standard InChI is InChI=1S/C19H14ClN7O3S/c20-15-4-1-2-5-16(15)24-18(28)17(12-21)26-25-13-6-8-14(9-7-13)31(29,30)27-19-22-10-3-11-23-19/h1-11,25H,(H,24,28)(H,22,23,27). The molecule has 0 atom stereocenters. The van der Waals surface area contributed by atoms with Gasteiger partial charge in [0.25, 0.3) is 15.9 Å². The molecular weight excluding hydrogens is 442 g/mol. The number of sulfonamides is 1. The van der Waals surface area contributed by atoms with Crippen molar-refractivity contribution < 1.29 is 13.2 Å². The van der Waals surface area contributed by atoms with E-state index in [1.807, 2.05) is 0 Å². The molecule has 2 aromatic carbocycles. The molecule has 0 spiro atoms. The first-order valence-electron chi connectivity index (χ1n) is 8.58. The van der Waals surface area contributed by atoms with E-state index in [1.165, 1.54) is 36.7 Å². The Kier molecular flexibility index (Phi) is 6.76. The first-order chi connectivity index (χ1) is 14.9. The number of hydrogen-bond donors (Lipinski definition) is 3. The zero-order chi connectivity index (χ0) is 22.3. The average molecular weight is 456 g/mol. The minimum atomic E-state index is -3.89. The summed E-state index contributed by atoms with van der Waals surface area (Å²) in [4.78, 5) is 19.8. The van der Waals surface area contributed by atoms with Gasteiger partial charge in [0.15, 0.2) is 0 Å². The predicted molar refractivity (Wildman–Crippen MR) is 116 cm³/mol. The van der Waals surface area contributed by atoms with Crippen molar-refractivity contribution in [1.29, 1.82) is 5.26 Å². The summed E-state index contributed by atoms with van der Waals surface area (Å²) in [6.45, 7) is 0. The zero-order valence-corrected chi connectivity index (χ0v) is 17.2. The van der Waals surface area contributed by atoms with E-state index in [1.54, 1.807) is 36.4 Å². The van der Waals surface area contributed by atoms with Crippen molar-refractivity contribution in [3.63, 3.8) is 0 Å². The number of benzene rings is 2. The van der Waals surface area contributed by atoms with Crippen LogP contribution in [-0.4, -0.2) is 30.0 Å². The molecule has 0 aliphatic heterocycles. The van der Waals surface area contributed by atoms with Gasteiger partial charge in [-0.1, -0.05) is 23.7 Å². The molecule has 3 rings (SSSR count).